The fourth-order valence-electron chi connectivity index (χ4n) is 4.21. The molecule has 2 aromatic rings. The number of ether oxygens (including phenoxy) is 2. The molecule has 2 aliphatic rings. The second-order valence-electron chi connectivity index (χ2n) is 7.80. The predicted octanol–water partition coefficient (Wildman–Crippen LogP) is 0.253. The molecule has 4 rings (SSSR count). The topological polar surface area (TPSA) is 70.5 Å². The van der Waals surface area contributed by atoms with Crippen LogP contribution in [0.15, 0.2) is 36.4 Å². The first kappa shape index (κ1) is 18.9. The lowest BCUT2D eigenvalue weighted by molar-refractivity contribution is -1.02. The number of hydrogen-bond donors (Lipinski definition) is 2. The van der Waals surface area contributed by atoms with E-state index in [1.54, 1.807) is 17.0 Å². The Balaban J connectivity index is 1.41. The largest absolute Gasteiger partial charge is 0.467 e. The minimum absolute atomic E-state index is 0.117. The van der Waals surface area contributed by atoms with Gasteiger partial charge < -0.3 is 19.3 Å². The molecule has 2 aromatic carbocycles. The molecule has 28 heavy (non-hydrogen) atoms. The van der Waals surface area contributed by atoms with Crippen molar-refractivity contribution in [2.24, 2.45) is 0 Å². The van der Waals surface area contributed by atoms with Crippen LogP contribution in [0.2, 0.25) is 0 Å². The highest BCUT2D eigenvalue weighted by Gasteiger charge is 2.27. The number of nitrogens with one attached hydrogen (secondary N) is 2. The van der Waals surface area contributed by atoms with Gasteiger partial charge in [0.15, 0.2) is 6.79 Å². The monoisotopic (exact) mass is 385 g/mol. The van der Waals surface area contributed by atoms with Crippen LogP contribution < -0.4 is 14.5 Å². The molecule has 1 fully saturated rings. The maximum Gasteiger partial charge on any atom is 0.270 e. The summed E-state index contributed by atoms with van der Waals surface area (Å²) in [5, 5.41) is 11.3. The average Bonchev–Trinajstić information content (AvgIpc) is 2.69. The van der Waals surface area contributed by atoms with Gasteiger partial charge in [0.05, 0.1) is 17.1 Å². The van der Waals surface area contributed by atoms with E-state index < -0.39 is 0 Å². The Morgan fingerprint density at radius 2 is 1.82 bits per heavy atom. The Morgan fingerprint density at radius 3 is 2.54 bits per heavy atom. The highest BCUT2D eigenvalue weighted by molar-refractivity contribution is 5.50. The zero-order valence-electron chi connectivity index (χ0n) is 16.2. The van der Waals surface area contributed by atoms with E-state index in [1.165, 1.54) is 16.0 Å². The third-order valence-corrected chi connectivity index (χ3v) is 5.62. The van der Waals surface area contributed by atoms with Crippen LogP contribution in [0.4, 0.5) is 5.69 Å². The molecule has 1 saturated heterocycles. The maximum atomic E-state index is 11.3. The van der Waals surface area contributed by atoms with Crippen molar-refractivity contribution in [3.8, 4) is 5.75 Å². The lowest BCUT2D eigenvalue weighted by Crippen LogP contribution is -3.27. The lowest BCUT2D eigenvalue weighted by atomic mass is 10.1. The van der Waals surface area contributed by atoms with Gasteiger partial charge in [-0.25, -0.2) is 0 Å². The fraction of sp³-hybridized carbons (Fsp3) is 0.429. The van der Waals surface area contributed by atoms with Crippen LogP contribution in [0.5, 0.6) is 5.75 Å². The van der Waals surface area contributed by atoms with Crippen molar-refractivity contribution >= 4 is 5.69 Å². The lowest BCUT2D eigenvalue weighted by Gasteiger charge is -2.30. The number of benzene rings is 2. The Labute approximate surface area is 164 Å². The molecule has 2 N–H and O–H groups in total. The summed E-state index contributed by atoms with van der Waals surface area (Å²) < 4.78 is 11.0. The van der Waals surface area contributed by atoms with E-state index in [4.69, 9.17) is 9.47 Å². The number of piperazine rings is 1. The number of nitro benzene ring substituents is 1. The van der Waals surface area contributed by atoms with Gasteiger partial charge in [-0.3, -0.25) is 10.1 Å². The molecule has 2 heterocycles. The summed E-state index contributed by atoms with van der Waals surface area (Å²) in [4.78, 5) is 14.0. The van der Waals surface area contributed by atoms with Crippen molar-refractivity contribution < 1.29 is 24.2 Å². The molecule has 148 valence electrons. The molecule has 0 saturated carbocycles. The Morgan fingerprint density at radius 1 is 1.07 bits per heavy atom. The normalized spacial score (nSPS) is 21.6. The predicted molar refractivity (Wildman–Crippen MR) is 103 cm³/mol. The van der Waals surface area contributed by atoms with Crippen molar-refractivity contribution in [2.75, 3.05) is 33.0 Å². The van der Waals surface area contributed by atoms with Gasteiger partial charge >= 0.3 is 0 Å². The van der Waals surface area contributed by atoms with E-state index >= 15 is 0 Å². The molecule has 0 spiro atoms. The summed E-state index contributed by atoms with van der Waals surface area (Å²) >= 11 is 0. The summed E-state index contributed by atoms with van der Waals surface area (Å²) in [6, 6.07) is 12.0. The van der Waals surface area contributed by atoms with Gasteiger partial charge in [-0.15, -0.1) is 0 Å². The molecule has 2 aliphatic heterocycles. The van der Waals surface area contributed by atoms with Crippen LogP contribution >= 0.6 is 0 Å². The van der Waals surface area contributed by atoms with E-state index in [0.717, 1.165) is 56.1 Å². The van der Waals surface area contributed by atoms with Gasteiger partial charge in [-0.1, -0.05) is 29.8 Å². The molecule has 0 radical (unpaired) electrons. The third-order valence-electron chi connectivity index (χ3n) is 5.62. The van der Waals surface area contributed by atoms with Gasteiger partial charge in [0.2, 0.25) is 0 Å². The van der Waals surface area contributed by atoms with Crippen molar-refractivity contribution in [1.82, 2.24) is 0 Å². The quantitative estimate of drug-likeness (QED) is 0.572. The number of nitrogens with zero attached hydrogens (tertiary/aromatic N) is 1. The number of rotatable bonds is 5. The summed E-state index contributed by atoms with van der Waals surface area (Å²) in [6.45, 7) is 8.82. The molecule has 0 atom stereocenters. The van der Waals surface area contributed by atoms with Crippen LogP contribution in [-0.4, -0.2) is 37.9 Å². The molecule has 0 unspecified atom stereocenters. The van der Waals surface area contributed by atoms with Crippen LogP contribution in [-0.2, 0) is 24.4 Å². The molecule has 0 aromatic heterocycles. The van der Waals surface area contributed by atoms with Crippen LogP contribution in [0.3, 0.4) is 0 Å². The van der Waals surface area contributed by atoms with E-state index in [-0.39, 0.29) is 17.4 Å². The van der Waals surface area contributed by atoms with E-state index in [2.05, 4.69) is 31.2 Å². The molecule has 7 nitrogen and oxygen atoms in total. The smallest absolute Gasteiger partial charge is 0.270 e. The first-order chi connectivity index (χ1) is 13.6. The first-order valence-electron chi connectivity index (χ1n) is 9.82. The average molecular weight is 385 g/mol. The van der Waals surface area contributed by atoms with Crippen molar-refractivity contribution in [1.29, 1.82) is 0 Å². The van der Waals surface area contributed by atoms with Crippen LogP contribution in [0, 0.1) is 17.0 Å². The Bertz CT molecular complexity index is 863. The van der Waals surface area contributed by atoms with Gasteiger partial charge in [0, 0.05) is 23.3 Å². The number of fused-ring (bicyclic) bond motifs is 1. The van der Waals surface area contributed by atoms with Gasteiger partial charge in [0.1, 0.15) is 45.0 Å². The van der Waals surface area contributed by atoms with Crippen LogP contribution in [0.25, 0.3) is 0 Å². The van der Waals surface area contributed by atoms with Gasteiger partial charge in [-0.2, -0.15) is 0 Å². The molecular weight excluding hydrogens is 358 g/mol. The summed E-state index contributed by atoms with van der Waals surface area (Å²) in [5.41, 5.74) is 4.51. The van der Waals surface area contributed by atoms with Crippen molar-refractivity contribution in [3.63, 3.8) is 0 Å². The highest BCUT2D eigenvalue weighted by Crippen LogP contribution is 2.32. The second kappa shape index (κ2) is 8.26. The highest BCUT2D eigenvalue weighted by atomic mass is 16.7. The molecule has 0 bridgehead atoms. The zero-order valence-corrected chi connectivity index (χ0v) is 16.2. The molecule has 0 amide bonds. The SMILES string of the molecule is Cc1cccc(C[NH+]2CC[NH+](Cc3cc([N+](=O)[O-])cc4c3OCOC4)CC2)c1. The summed E-state index contributed by atoms with van der Waals surface area (Å²) in [6.07, 6.45) is 0. The number of quaternary nitrogens is 2. The summed E-state index contributed by atoms with van der Waals surface area (Å²) in [7, 11) is 0. The number of hydrogen-bond acceptors (Lipinski definition) is 4. The first-order valence-corrected chi connectivity index (χ1v) is 9.82. The van der Waals surface area contributed by atoms with E-state index in [0.29, 0.717) is 6.61 Å². The van der Waals surface area contributed by atoms with Crippen molar-refractivity contribution in [2.45, 2.75) is 26.6 Å². The minimum Gasteiger partial charge on any atom is -0.467 e. The standard InChI is InChI=1S/C21H25N3O4/c1-16-3-2-4-17(9-16)12-22-5-7-23(8-6-22)13-18-10-20(24(25)26)11-19-14-27-15-28-21(18)19/h2-4,9-11H,5-8,12-15H2,1H3/p+2. The fourth-order valence-corrected chi connectivity index (χ4v) is 4.21. The molecule has 7 heteroatoms. The zero-order chi connectivity index (χ0) is 19.5. The van der Waals surface area contributed by atoms with E-state index in [9.17, 15) is 10.1 Å². The number of non-ortho nitro benzene ring substituents is 1. The number of aryl methyl sites for hydroxylation is 1. The molecular formula is C21H27N3O4+2. The number of nitro groups is 1. The third kappa shape index (κ3) is 4.32. The van der Waals surface area contributed by atoms with Crippen LogP contribution in [0.1, 0.15) is 22.3 Å². The van der Waals surface area contributed by atoms with Gasteiger partial charge in [-0.05, 0) is 6.92 Å². The minimum atomic E-state index is -0.336. The van der Waals surface area contributed by atoms with Crippen molar-refractivity contribution in [3.05, 3.63) is 68.8 Å². The Hall–Kier alpha value is -2.48. The Kier molecular flexibility index (Phi) is 5.57. The maximum absolute atomic E-state index is 11.3. The van der Waals surface area contributed by atoms with E-state index in [1.807, 2.05) is 0 Å². The van der Waals surface area contributed by atoms with Gasteiger partial charge in [0.25, 0.3) is 5.69 Å². The molecule has 0 aliphatic carbocycles. The summed E-state index contributed by atoms with van der Waals surface area (Å²) in [5.74, 6) is 0.777. The second-order valence-corrected chi connectivity index (χ2v) is 7.80.